The van der Waals surface area contributed by atoms with E-state index in [-0.39, 0.29) is 28.6 Å². The first-order valence-corrected chi connectivity index (χ1v) is 8.91. The van der Waals surface area contributed by atoms with Crippen LogP contribution in [0.5, 0.6) is 0 Å². The van der Waals surface area contributed by atoms with Gasteiger partial charge in [-0.2, -0.15) is 18.2 Å². The summed E-state index contributed by atoms with van der Waals surface area (Å²) in [6.07, 6.45) is -3.06. The van der Waals surface area contributed by atoms with Crippen molar-refractivity contribution in [2.75, 3.05) is 5.32 Å². The molecule has 0 bridgehead atoms. The highest BCUT2D eigenvalue weighted by atomic mass is 19.4. The van der Waals surface area contributed by atoms with Crippen LogP contribution in [0.2, 0.25) is 0 Å². The molecule has 1 aliphatic rings. The van der Waals surface area contributed by atoms with Gasteiger partial charge >= 0.3 is 6.18 Å². The third kappa shape index (κ3) is 4.21. The Hall–Kier alpha value is -3.42. The largest absolute Gasteiger partial charge is 0.437 e. The van der Waals surface area contributed by atoms with E-state index in [2.05, 4.69) is 10.3 Å². The highest BCUT2D eigenvalue weighted by molar-refractivity contribution is 6.05. The van der Waals surface area contributed by atoms with Crippen LogP contribution in [-0.4, -0.2) is 11.8 Å². The number of hydrogen-bond donors (Lipinski definition) is 1. The average molecular weight is 400 g/mol. The van der Waals surface area contributed by atoms with Crippen molar-refractivity contribution in [3.63, 3.8) is 0 Å². The van der Waals surface area contributed by atoms with Gasteiger partial charge in [0, 0.05) is 17.0 Å². The lowest BCUT2D eigenvalue weighted by molar-refractivity contribution is -0.137. The molecule has 1 aromatic heterocycles. The fraction of sp³-hybridized carbons (Fsp3) is 0.190. The van der Waals surface area contributed by atoms with E-state index in [1.807, 2.05) is 0 Å². The summed E-state index contributed by atoms with van der Waals surface area (Å²) in [7, 11) is 0. The number of fused-ring (bicyclic) bond motifs is 1. The summed E-state index contributed by atoms with van der Waals surface area (Å²) in [4.78, 5) is 28.8. The summed E-state index contributed by atoms with van der Waals surface area (Å²) in [5, 5.41) is 3.02. The molecule has 0 radical (unpaired) electrons. The smallest absolute Gasteiger partial charge is 0.416 e. The van der Waals surface area contributed by atoms with Crippen LogP contribution in [0.25, 0.3) is 11.0 Å². The first kappa shape index (κ1) is 18.9. The Labute approximate surface area is 162 Å². The summed E-state index contributed by atoms with van der Waals surface area (Å²) in [6, 6.07) is 12.7. The standard InChI is InChI=1S/C21H15F3N2O3/c22-21(23,24)14-5-3-6-15(11-14)25-19(28)16-10-13-4-1-2-7-17(13)29-20(16)26-18(27)12-8-9-12/h1-7,10-12H,8-9H2,(H,25,28). The number of nitrogens with zero attached hydrogens (tertiary/aromatic N) is 1. The van der Waals surface area contributed by atoms with Crippen LogP contribution in [0.1, 0.15) is 28.8 Å². The van der Waals surface area contributed by atoms with E-state index >= 15 is 0 Å². The van der Waals surface area contributed by atoms with E-state index in [0.29, 0.717) is 11.0 Å². The Balaban J connectivity index is 1.74. The van der Waals surface area contributed by atoms with Gasteiger partial charge in [0.25, 0.3) is 11.8 Å². The van der Waals surface area contributed by atoms with E-state index < -0.39 is 17.6 Å². The maximum absolute atomic E-state index is 12.9. The quantitative estimate of drug-likeness (QED) is 0.702. The van der Waals surface area contributed by atoms with Gasteiger partial charge in [0.2, 0.25) is 5.55 Å². The molecule has 148 valence electrons. The van der Waals surface area contributed by atoms with E-state index in [9.17, 15) is 22.8 Å². The Morgan fingerprint density at radius 1 is 1.03 bits per heavy atom. The van der Waals surface area contributed by atoms with Gasteiger partial charge in [0.15, 0.2) is 0 Å². The Bertz CT molecular complexity index is 1180. The molecule has 0 aliphatic heterocycles. The third-order valence-electron chi connectivity index (χ3n) is 4.49. The molecule has 5 nitrogen and oxygen atoms in total. The molecule has 29 heavy (non-hydrogen) atoms. The second-order valence-corrected chi connectivity index (χ2v) is 6.76. The van der Waals surface area contributed by atoms with Crippen molar-refractivity contribution in [3.8, 4) is 0 Å². The molecule has 2 amide bonds. The monoisotopic (exact) mass is 400 g/mol. The third-order valence-corrected chi connectivity index (χ3v) is 4.49. The number of alkyl halides is 3. The summed E-state index contributed by atoms with van der Waals surface area (Å²) in [5.41, 5.74) is -0.671. The molecule has 4 rings (SSSR count). The van der Waals surface area contributed by atoms with Gasteiger partial charge in [0.05, 0.1) is 5.56 Å². The Kier molecular flexibility index (Phi) is 4.70. The van der Waals surface area contributed by atoms with Crippen LogP contribution in [0.4, 0.5) is 18.9 Å². The first-order chi connectivity index (χ1) is 13.8. The molecule has 0 unspecified atom stereocenters. The minimum Gasteiger partial charge on any atom is -0.437 e. The van der Waals surface area contributed by atoms with Crippen molar-refractivity contribution in [1.29, 1.82) is 0 Å². The van der Waals surface area contributed by atoms with Crippen molar-refractivity contribution < 1.29 is 27.2 Å². The van der Waals surface area contributed by atoms with Gasteiger partial charge in [-0.15, -0.1) is 0 Å². The minimum absolute atomic E-state index is 0.0301. The van der Waals surface area contributed by atoms with Gasteiger partial charge in [-0.25, -0.2) is 0 Å². The number of carbonyl (C=O) groups excluding carboxylic acids is 2. The van der Waals surface area contributed by atoms with Crippen LogP contribution in [0, 0.1) is 5.92 Å². The second-order valence-electron chi connectivity index (χ2n) is 6.76. The van der Waals surface area contributed by atoms with Crippen molar-refractivity contribution in [2.45, 2.75) is 19.0 Å². The molecule has 1 saturated carbocycles. The molecular weight excluding hydrogens is 385 g/mol. The number of amides is 2. The normalized spacial score (nSPS) is 14.8. The van der Waals surface area contributed by atoms with Crippen LogP contribution >= 0.6 is 0 Å². The minimum atomic E-state index is -4.53. The number of benzene rings is 2. The average Bonchev–Trinajstić information content (AvgIpc) is 3.52. The van der Waals surface area contributed by atoms with Gasteiger partial charge in [-0.05, 0) is 43.2 Å². The van der Waals surface area contributed by atoms with Crippen molar-refractivity contribution in [2.24, 2.45) is 10.9 Å². The van der Waals surface area contributed by atoms with E-state index in [1.54, 1.807) is 24.3 Å². The van der Waals surface area contributed by atoms with Crippen molar-refractivity contribution in [3.05, 3.63) is 71.3 Å². The zero-order valence-corrected chi connectivity index (χ0v) is 15.0. The number of hydrogen-bond acceptors (Lipinski definition) is 3. The maximum atomic E-state index is 12.9. The molecule has 2 aromatic carbocycles. The highest BCUT2D eigenvalue weighted by Gasteiger charge is 2.31. The maximum Gasteiger partial charge on any atom is 0.416 e. The number of rotatable bonds is 3. The number of halogens is 3. The topological polar surface area (TPSA) is 71.7 Å². The van der Waals surface area contributed by atoms with Gasteiger partial charge < -0.3 is 9.73 Å². The Morgan fingerprint density at radius 3 is 2.52 bits per heavy atom. The Morgan fingerprint density at radius 2 is 1.79 bits per heavy atom. The highest BCUT2D eigenvalue weighted by Crippen LogP contribution is 2.31. The second kappa shape index (κ2) is 7.20. The predicted molar refractivity (Wildman–Crippen MR) is 98.9 cm³/mol. The number of nitrogens with one attached hydrogen (secondary N) is 1. The summed E-state index contributed by atoms with van der Waals surface area (Å²) in [5.74, 6) is -1.27. The molecule has 1 fully saturated rings. The van der Waals surface area contributed by atoms with Gasteiger partial charge in [0.1, 0.15) is 11.1 Å². The lowest BCUT2D eigenvalue weighted by atomic mass is 10.1. The zero-order chi connectivity index (χ0) is 20.6. The van der Waals surface area contributed by atoms with Crippen LogP contribution in [0.15, 0.2) is 64.0 Å². The van der Waals surface area contributed by atoms with Crippen LogP contribution < -0.4 is 10.9 Å². The fourth-order valence-corrected chi connectivity index (χ4v) is 2.81. The number of anilines is 1. The van der Waals surface area contributed by atoms with E-state index in [0.717, 1.165) is 25.0 Å². The van der Waals surface area contributed by atoms with E-state index in [4.69, 9.17) is 4.42 Å². The summed E-state index contributed by atoms with van der Waals surface area (Å²) in [6.45, 7) is 0. The SMILES string of the molecule is O=C(Nc1cccc(C(F)(F)F)c1)c1cc2ccccc2oc1=NC(=O)C1CC1. The molecule has 0 atom stereocenters. The van der Waals surface area contributed by atoms with Crippen LogP contribution in [-0.2, 0) is 11.0 Å². The predicted octanol–water partition coefficient (Wildman–Crippen LogP) is 4.54. The van der Waals surface area contributed by atoms with Crippen LogP contribution in [0.3, 0.4) is 0 Å². The molecule has 8 heteroatoms. The lowest BCUT2D eigenvalue weighted by Crippen LogP contribution is -2.23. The summed E-state index contributed by atoms with van der Waals surface area (Å²) >= 11 is 0. The molecule has 1 N–H and O–H groups in total. The molecule has 3 aromatic rings. The van der Waals surface area contributed by atoms with Crippen molar-refractivity contribution >= 4 is 28.5 Å². The molecule has 0 spiro atoms. The van der Waals surface area contributed by atoms with E-state index in [1.165, 1.54) is 18.2 Å². The molecule has 0 saturated heterocycles. The first-order valence-electron chi connectivity index (χ1n) is 8.91. The van der Waals surface area contributed by atoms with Crippen molar-refractivity contribution in [1.82, 2.24) is 0 Å². The fourth-order valence-electron chi connectivity index (χ4n) is 2.81. The molecule has 1 aliphatic carbocycles. The number of para-hydroxylation sites is 1. The number of carbonyl (C=O) groups is 2. The zero-order valence-electron chi connectivity index (χ0n) is 15.0. The van der Waals surface area contributed by atoms with Gasteiger partial charge in [-0.1, -0.05) is 24.3 Å². The van der Waals surface area contributed by atoms with Gasteiger partial charge in [-0.3, -0.25) is 9.59 Å². The molecule has 1 heterocycles. The summed E-state index contributed by atoms with van der Waals surface area (Å²) < 4.78 is 44.4. The lowest BCUT2D eigenvalue weighted by Gasteiger charge is -2.10. The molecular formula is C21H15F3N2O3.